The normalized spacial score (nSPS) is 16.1. The van der Waals surface area contributed by atoms with Crippen LogP contribution < -0.4 is 10.0 Å². The van der Waals surface area contributed by atoms with Crippen molar-refractivity contribution >= 4 is 21.6 Å². The minimum absolute atomic E-state index is 0.0260. The summed E-state index contributed by atoms with van der Waals surface area (Å²) in [5.41, 5.74) is 0.870. The van der Waals surface area contributed by atoms with E-state index < -0.39 is 27.1 Å². The van der Waals surface area contributed by atoms with Gasteiger partial charge in [0.15, 0.2) is 0 Å². The number of sulfonamides is 1. The molecule has 1 amide bonds. The van der Waals surface area contributed by atoms with E-state index >= 15 is 0 Å². The van der Waals surface area contributed by atoms with Crippen molar-refractivity contribution in [2.45, 2.75) is 51.0 Å². The molecule has 30 heavy (non-hydrogen) atoms. The Bertz CT molecular complexity index is 981. The molecule has 1 saturated carbocycles. The lowest BCUT2D eigenvalue weighted by Crippen LogP contribution is -2.45. The smallest absolute Gasteiger partial charge is 0.232 e. The second-order valence-electron chi connectivity index (χ2n) is 7.69. The molecule has 0 saturated heterocycles. The molecule has 1 aliphatic rings. The van der Waals surface area contributed by atoms with Crippen LogP contribution in [-0.2, 0) is 26.8 Å². The Morgan fingerprint density at radius 2 is 1.60 bits per heavy atom. The van der Waals surface area contributed by atoms with Crippen LogP contribution in [0.5, 0.6) is 0 Å². The van der Waals surface area contributed by atoms with Crippen molar-refractivity contribution in [1.29, 1.82) is 0 Å². The van der Waals surface area contributed by atoms with Gasteiger partial charge in [-0.3, -0.25) is 9.52 Å². The predicted molar refractivity (Wildman–Crippen MR) is 112 cm³/mol. The van der Waals surface area contributed by atoms with Crippen molar-refractivity contribution in [3.8, 4) is 0 Å². The molecule has 1 aliphatic carbocycles. The van der Waals surface area contributed by atoms with Gasteiger partial charge in [0.25, 0.3) is 0 Å². The molecule has 0 atom stereocenters. The highest BCUT2D eigenvalue weighted by molar-refractivity contribution is 7.92. The third kappa shape index (κ3) is 5.16. The molecule has 0 radical (unpaired) electrons. The lowest BCUT2D eigenvalue weighted by atomic mass is 9.68. The zero-order valence-corrected chi connectivity index (χ0v) is 17.7. The van der Waals surface area contributed by atoms with Gasteiger partial charge in [0.05, 0.1) is 11.2 Å². The van der Waals surface area contributed by atoms with Gasteiger partial charge in [-0.15, -0.1) is 0 Å². The number of carbonyl (C=O) groups excluding carboxylic acids is 1. The first-order valence-corrected chi connectivity index (χ1v) is 11.7. The summed E-state index contributed by atoms with van der Waals surface area (Å²) < 4.78 is 52.9. The lowest BCUT2D eigenvalue weighted by Gasteiger charge is -2.36. The summed E-state index contributed by atoms with van der Waals surface area (Å²) in [6.45, 7) is 1.59. The number of benzene rings is 2. The average molecular weight is 437 g/mol. The van der Waals surface area contributed by atoms with Crippen LogP contribution >= 0.6 is 0 Å². The largest absolute Gasteiger partial charge is 0.351 e. The first-order valence-electron chi connectivity index (χ1n) is 10.1. The van der Waals surface area contributed by atoms with Gasteiger partial charge < -0.3 is 5.32 Å². The second kappa shape index (κ2) is 9.12. The van der Waals surface area contributed by atoms with Gasteiger partial charge in [-0.25, -0.2) is 17.2 Å². The van der Waals surface area contributed by atoms with Crippen molar-refractivity contribution < 1.29 is 22.0 Å². The zero-order chi connectivity index (χ0) is 21.8. The summed E-state index contributed by atoms with van der Waals surface area (Å²) in [5, 5.41) is 2.84. The molecule has 1 fully saturated rings. The first-order chi connectivity index (χ1) is 14.2. The summed E-state index contributed by atoms with van der Waals surface area (Å²) in [5.74, 6) is -1.58. The predicted octanol–water partition coefficient (Wildman–Crippen LogP) is 4.24. The minimum atomic E-state index is -3.38. The maximum Gasteiger partial charge on any atom is 0.232 e. The highest BCUT2D eigenvalue weighted by Gasteiger charge is 2.40. The summed E-state index contributed by atoms with van der Waals surface area (Å²) in [6.07, 6.45) is 4.16. The summed E-state index contributed by atoms with van der Waals surface area (Å²) >= 11 is 0. The number of amides is 1. The maximum absolute atomic E-state index is 13.4. The molecule has 0 heterocycles. The number of halogens is 2. The second-order valence-corrected chi connectivity index (χ2v) is 9.70. The van der Waals surface area contributed by atoms with Gasteiger partial charge in [0, 0.05) is 18.3 Å². The van der Waals surface area contributed by atoms with Gasteiger partial charge >= 0.3 is 0 Å². The average Bonchev–Trinajstić information content (AvgIpc) is 2.72. The quantitative estimate of drug-likeness (QED) is 0.682. The van der Waals surface area contributed by atoms with E-state index in [1.807, 2.05) is 0 Å². The van der Waals surface area contributed by atoms with Crippen molar-refractivity contribution in [1.82, 2.24) is 5.32 Å². The molecule has 2 aromatic carbocycles. The fourth-order valence-corrected chi connectivity index (χ4v) is 4.62. The van der Waals surface area contributed by atoms with Crippen LogP contribution in [0.15, 0.2) is 42.5 Å². The number of hydrogen-bond donors (Lipinski definition) is 2. The molecular formula is C22H26F2N2O3S. The molecule has 0 aromatic heterocycles. The molecule has 8 heteroatoms. The number of rotatable bonds is 7. The van der Waals surface area contributed by atoms with E-state index in [4.69, 9.17) is 0 Å². The molecule has 0 spiro atoms. The van der Waals surface area contributed by atoms with Gasteiger partial charge in [-0.2, -0.15) is 0 Å². The van der Waals surface area contributed by atoms with Crippen LogP contribution in [0.25, 0.3) is 0 Å². The number of anilines is 1. The Morgan fingerprint density at radius 1 is 1.00 bits per heavy atom. The van der Waals surface area contributed by atoms with E-state index in [1.165, 1.54) is 12.1 Å². The zero-order valence-electron chi connectivity index (χ0n) is 16.9. The van der Waals surface area contributed by atoms with Crippen LogP contribution in [0.1, 0.15) is 50.2 Å². The fraction of sp³-hybridized carbons (Fsp3) is 0.409. The third-order valence-electron chi connectivity index (χ3n) is 5.61. The van der Waals surface area contributed by atoms with E-state index in [0.29, 0.717) is 24.1 Å². The Balaban J connectivity index is 1.80. The Hall–Kier alpha value is -2.48. The van der Waals surface area contributed by atoms with Crippen molar-refractivity contribution in [3.05, 3.63) is 65.2 Å². The van der Waals surface area contributed by atoms with E-state index in [1.54, 1.807) is 31.2 Å². The van der Waals surface area contributed by atoms with Gasteiger partial charge in [0.1, 0.15) is 11.6 Å². The first kappa shape index (κ1) is 22.2. The Kier molecular flexibility index (Phi) is 6.75. The van der Waals surface area contributed by atoms with E-state index in [0.717, 1.165) is 30.9 Å². The van der Waals surface area contributed by atoms with Gasteiger partial charge in [-0.1, -0.05) is 31.4 Å². The van der Waals surface area contributed by atoms with Crippen LogP contribution in [-0.4, -0.2) is 20.1 Å². The van der Waals surface area contributed by atoms with Crippen LogP contribution in [0.4, 0.5) is 14.5 Å². The molecule has 2 N–H and O–H groups in total. The Labute approximate surface area is 175 Å². The summed E-state index contributed by atoms with van der Waals surface area (Å²) in [6, 6.07) is 10.1. The number of carbonyl (C=O) groups is 1. The topological polar surface area (TPSA) is 75.3 Å². The molecule has 5 nitrogen and oxygen atoms in total. The van der Waals surface area contributed by atoms with Gasteiger partial charge in [0.2, 0.25) is 15.9 Å². The highest BCUT2D eigenvalue weighted by Crippen LogP contribution is 2.40. The van der Waals surface area contributed by atoms with E-state index in [-0.39, 0.29) is 18.2 Å². The summed E-state index contributed by atoms with van der Waals surface area (Å²) in [7, 11) is -3.38. The molecule has 3 rings (SSSR count). The molecular weight excluding hydrogens is 410 g/mol. The van der Waals surface area contributed by atoms with Crippen molar-refractivity contribution in [2.75, 3.05) is 10.5 Å². The number of hydrogen-bond acceptors (Lipinski definition) is 3. The molecule has 0 unspecified atom stereocenters. The fourth-order valence-electron chi connectivity index (χ4n) is 3.98. The van der Waals surface area contributed by atoms with Crippen molar-refractivity contribution in [3.63, 3.8) is 0 Å². The Morgan fingerprint density at radius 3 is 2.17 bits per heavy atom. The monoisotopic (exact) mass is 436 g/mol. The van der Waals surface area contributed by atoms with E-state index in [2.05, 4.69) is 10.0 Å². The van der Waals surface area contributed by atoms with Gasteiger partial charge in [-0.05, 0) is 55.2 Å². The summed E-state index contributed by atoms with van der Waals surface area (Å²) in [4.78, 5) is 13.2. The van der Waals surface area contributed by atoms with Crippen LogP contribution in [0, 0.1) is 11.6 Å². The lowest BCUT2D eigenvalue weighted by molar-refractivity contribution is -0.128. The molecule has 162 valence electrons. The van der Waals surface area contributed by atoms with Crippen LogP contribution in [0.2, 0.25) is 0 Å². The van der Waals surface area contributed by atoms with Crippen molar-refractivity contribution in [2.24, 2.45) is 0 Å². The SMILES string of the molecule is CCS(=O)(=O)Nc1ccc(C2(C(=O)NCc3cc(F)cc(F)c3)CCCCC2)cc1. The molecule has 0 bridgehead atoms. The maximum atomic E-state index is 13.4. The molecule has 2 aromatic rings. The van der Waals surface area contributed by atoms with E-state index in [9.17, 15) is 22.0 Å². The highest BCUT2D eigenvalue weighted by atomic mass is 32.2. The number of nitrogens with one attached hydrogen (secondary N) is 2. The standard InChI is InChI=1S/C22H26F2N2O3S/c1-2-30(28,29)26-20-8-6-17(7-9-20)22(10-4-3-5-11-22)21(27)25-15-16-12-18(23)14-19(24)13-16/h6-9,12-14,26H,2-5,10-11,15H2,1H3,(H,25,27). The third-order valence-corrected chi connectivity index (χ3v) is 6.91. The molecule has 0 aliphatic heterocycles. The minimum Gasteiger partial charge on any atom is -0.351 e. The van der Waals surface area contributed by atoms with Crippen LogP contribution in [0.3, 0.4) is 0 Å².